The first kappa shape index (κ1) is 17.0. The Kier molecular flexibility index (Phi) is 5.24. The summed E-state index contributed by atoms with van der Waals surface area (Å²) in [6, 6.07) is 9.12. The average molecular weight is 387 g/mol. The summed E-state index contributed by atoms with van der Waals surface area (Å²) in [5, 5.41) is 0. The zero-order valence-electron chi connectivity index (χ0n) is 12.3. The van der Waals surface area contributed by atoms with Gasteiger partial charge in [0, 0.05) is 15.6 Å². The third-order valence-corrected chi connectivity index (χ3v) is 5.44. The molecule has 0 heterocycles. The van der Waals surface area contributed by atoms with Crippen molar-refractivity contribution in [2.24, 2.45) is 0 Å². The molecular formula is C16H16BrFO3S. The smallest absolute Gasteiger partial charge is 0.178 e. The van der Waals surface area contributed by atoms with Crippen molar-refractivity contribution in [1.82, 2.24) is 0 Å². The maximum Gasteiger partial charge on any atom is 0.178 e. The van der Waals surface area contributed by atoms with E-state index < -0.39 is 15.7 Å². The summed E-state index contributed by atoms with van der Waals surface area (Å²) in [4.78, 5) is 0.178. The van der Waals surface area contributed by atoms with Gasteiger partial charge in [-0.15, -0.1) is 0 Å². The van der Waals surface area contributed by atoms with E-state index in [9.17, 15) is 12.8 Å². The Morgan fingerprint density at radius 2 is 1.82 bits per heavy atom. The molecule has 0 spiro atoms. The molecule has 0 saturated carbocycles. The van der Waals surface area contributed by atoms with Crippen LogP contribution >= 0.6 is 15.9 Å². The molecule has 0 aliphatic carbocycles. The van der Waals surface area contributed by atoms with Gasteiger partial charge in [-0.05, 0) is 43.3 Å². The largest absolute Gasteiger partial charge is 0.493 e. The van der Waals surface area contributed by atoms with Gasteiger partial charge in [0.15, 0.2) is 9.84 Å². The Bertz CT molecular complexity index is 788. The van der Waals surface area contributed by atoms with Crippen molar-refractivity contribution in [2.45, 2.75) is 18.7 Å². The van der Waals surface area contributed by atoms with Crippen LogP contribution in [0.1, 0.15) is 13.8 Å². The van der Waals surface area contributed by atoms with E-state index in [1.54, 1.807) is 32.0 Å². The second-order valence-electron chi connectivity index (χ2n) is 4.62. The van der Waals surface area contributed by atoms with E-state index in [4.69, 9.17) is 4.74 Å². The van der Waals surface area contributed by atoms with Crippen molar-refractivity contribution < 1.29 is 17.5 Å². The highest BCUT2D eigenvalue weighted by atomic mass is 79.9. The Labute approximate surface area is 138 Å². The molecule has 0 radical (unpaired) electrons. The zero-order valence-corrected chi connectivity index (χ0v) is 14.7. The van der Waals surface area contributed by atoms with E-state index in [-0.39, 0.29) is 10.6 Å². The van der Waals surface area contributed by atoms with E-state index >= 15 is 0 Å². The van der Waals surface area contributed by atoms with Gasteiger partial charge >= 0.3 is 0 Å². The van der Waals surface area contributed by atoms with Crippen LogP contribution in [0.4, 0.5) is 4.39 Å². The summed E-state index contributed by atoms with van der Waals surface area (Å²) in [5.41, 5.74) is 0.883. The van der Waals surface area contributed by atoms with Gasteiger partial charge in [-0.25, -0.2) is 12.8 Å². The molecule has 2 aromatic carbocycles. The first-order valence-corrected chi connectivity index (χ1v) is 9.28. The highest BCUT2D eigenvalue weighted by Gasteiger charge is 2.17. The van der Waals surface area contributed by atoms with Gasteiger partial charge < -0.3 is 4.74 Å². The first-order valence-electron chi connectivity index (χ1n) is 6.84. The number of ether oxygens (including phenoxy) is 1. The van der Waals surface area contributed by atoms with E-state index in [1.165, 1.54) is 18.2 Å². The van der Waals surface area contributed by atoms with Gasteiger partial charge in [-0.1, -0.05) is 22.9 Å². The van der Waals surface area contributed by atoms with Crippen molar-refractivity contribution in [1.29, 1.82) is 0 Å². The number of halogens is 2. The summed E-state index contributed by atoms with van der Waals surface area (Å²) in [6.07, 6.45) is 0. The molecule has 2 rings (SSSR count). The minimum absolute atomic E-state index is 0.00313. The molecule has 0 N–H and O–H groups in total. The molecule has 0 bridgehead atoms. The standard InChI is InChI=1S/C16H16BrFO3S/c1-3-21-16-10-12(22(19,20)4-2)6-7-13(16)14-9-11(17)5-8-15(14)18/h5-10H,3-4H2,1-2H3. The number of sulfone groups is 1. The summed E-state index contributed by atoms with van der Waals surface area (Å²) >= 11 is 3.31. The van der Waals surface area contributed by atoms with Crippen molar-refractivity contribution in [3.8, 4) is 16.9 Å². The van der Waals surface area contributed by atoms with Crippen LogP contribution < -0.4 is 4.74 Å². The second kappa shape index (κ2) is 6.79. The molecule has 0 aliphatic heterocycles. The van der Waals surface area contributed by atoms with Gasteiger partial charge in [-0.3, -0.25) is 0 Å². The fourth-order valence-electron chi connectivity index (χ4n) is 2.06. The lowest BCUT2D eigenvalue weighted by atomic mass is 10.0. The van der Waals surface area contributed by atoms with Gasteiger partial charge in [-0.2, -0.15) is 0 Å². The molecule has 0 saturated heterocycles. The molecule has 118 valence electrons. The molecule has 0 fully saturated rings. The predicted molar refractivity (Wildman–Crippen MR) is 88.4 cm³/mol. The van der Waals surface area contributed by atoms with Crippen LogP contribution in [0.25, 0.3) is 11.1 Å². The van der Waals surface area contributed by atoms with Gasteiger partial charge in [0.05, 0.1) is 17.3 Å². The molecule has 6 heteroatoms. The minimum atomic E-state index is -3.34. The topological polar surface area (TPSA) is 43.4 Å². The van der Waals surface area contributed by atoms with Gasteiger partial charge in [0.25, 0.3) is 0 Å². The monoisotopic (exact) mass is 386 g/mol. The Morgan fingerprint density at radius 1 is 1.09 bits per heavy atom. The summed E-state index contributed by atoms with van der Waals surface area (Å²) < 4.78 is 44.3. The van der Waals surface area contributed by atoms with Gasteiger partial charge in [0.1, 0.15) is 11.6 Å². The fraction of sp³-hybridized carbons (Fsp3) is 0.250. The van der Waals surface area contributed by atoms with Crippen molar-refractivity contribution in [2.75, 3.05) is 12.4 Å². The molecule has 0 unspecified atom stereocenters. The van der Waals surface area contributed by atoms with Crippen LogP contribution in [0, 0.1) is 5.82 Å². The lowest BCUT2D eigenvalue weighted by Gasteiger charge is -2.13. The van der Waals surface area contributed by atoms with E-state index in [0.717, 1.165) is 4.47 Å². The number of hydrogen-bond acceptors (Lipinski definition) is 3. The number of benzene rings is 2. The van der Waals surface area contributed by atoms with Crippen molar-refractivity contribution in [3.63, 3.8) is 0 Å². The third-order valence-electron chi connectivity index (χ3n) is 3.21. The molecular weight excluding hydrogens is 371 g/mol. The van der Waals surface area contributed by atoms with Crippen LogP contribution in [0.5, 0.6) is 5.75 Å². The Balaban J connectivity index is 2.64. The van der Waals surface area contributed by atoms with Crippen LogP contribution in [0.3, 0.4) is 0 Å². The number of hydrogen-bond donors (Lipinski definition) is 0. The molecule has 0 atom stereocenters. The minimum Gasteiger partial charge on any atom is -0.493 e. The summed E-state index contributed by atoms with van der Waals surface area (Å²) in [5.74, 6) is -0.0346. The van der Waals surface area contributed by atoms with Crippen LogP contribution in [0.15, 0.2) is 45.8 Å². The van der Waals surface area contributed by atoms with E-state index in [1.807, 2.05) is 0 Å². The van der Waals surface area contributed by atoms with Crippen molar-refractivity contribution in [3.05, 3.63) is 46.7 Å². The quantitative estimate of drug-likeness (QED) is 0.762. The third kappa shape index (κ3) is 3.50. The molecule has 0 amide bonds. The lowest BCUT2D eigenvalue weighted by molar-refractivity contribution is 0.340. The highest BCUT2D eigenvalue weighted by molar-refractivity contribution is 9.10. The molecule has 2 aromatic rings. The summed E-state index contributed by atoms with van der Waals surface area (Å²) in [6.45, 7) is 3.73. The maximum absolute atomic E-state index is 14.1. The van der Waals surface area contributed by atoms with Crippen molar-refractivity contribution >= 4 is 25.8 Å². The molecule has 0 aliphatic rings. The predicted octanol–water partition coefficient (Wildman–Crippen LogP) is 4.45. The zero-order chi connectivity index (χ0) is 16.3. The molecule has 22 heavy (non-hydrogen) atoms. The Morgan fingerprint density at radius 3 is 2.45 bits per heavy atom. The molecule has 3 nitrogen and oxygen atoms in total. The lowest BCUT2D eigenvalue weighted by Crippen LogP contribution is -2.05. The van der Waals surface area contributed by atoms with Crippen LogP contribution in [0.2, 0.25) is 0 Å². The summed E-state index contributed by atoms with van der Waals surface area (Å²) in [7, 11) is -3.34. The average Bonchev–Trinajstić information content (AvgIpc) is 2.50. The Hall–Kier alpha value is -1.40. The second-order valence-corrected chi connectivity index (χ2v) is 7.81. The van der Waals surface area contributed by atoms with E-state index in [2.05, 4.69) is 15.9 Å². The van der Waals surface area contributed by atoms with Crippen LogP contribution in [-0.2, 0) is 9.84 Å². The number of rotatable bonds is 5. The first-order chi connectivity index (χ1) is 10.4. The maximum atomic E-state index is 14.1. The van der Waals surface area contributed by atoms with E-state index in [0.29, 0.717) is 23.5 Å². The SMILES string of the molecule is CCOc1cc(S(=O)(=O)CC)ccc1-c1cc(Br)ccc1F. The molecule has 0 aromatic heterocycles. The highest BCUT2D eigenvalue weighted by Crippen LogP contribution is 2.35. The fourth-order valence-corrected chi connectivity index (χ4v) is 3.32. The van der Waals surface area contributed by atoms with Crippen LogP contribution in [-0.4, -0.2) is 20.8 Å². The van der Waals surface area contributed by atoms with Gasteiger partial charge in [0.2, 0.25) is 0 Å². The normalized spacial score (nSPS) is 11.5.